The molecule has 110 valence electrons. The van der Waals surface area contributed by atoms with Gasteiger partial charge in [-0.15, -0.1) is 0 Å². The SMILES string of the molecule is CCCC1(O)CN(S(=O)(=O)c2cccc(C(=O)O)c2)C1. The van der Waals surface area contributed by atoms with Gasteiger partial charge >= 0.3 is 5.97 Å². The number of carboxylic acids is 1. The van der Waals surface area contributed by atoms with Crippen molar-refractivity contribution in [2.75, 3.05) is 13.1 Å². The minimum absolute atomic E-state index is 0.0560. The van der Waals surface area contributed by atoms with Crippen LogP contribution in [0.5, 0.6) is 0 Å². The second kappa shape index (κ2) is 5.16. The van der Waals surface area contributed by atoms with Gasteiger partial charge in [0.2, 0.25) is 10.0 Å². The number of rotatable bonds is 5. The molecule has 0 unspecified atom stereocenters. The average molecular weight is 299 g/mol. The number of sulfonamides is 1. The quantitative estimate of drug-likeness (QED) is 0.843. The van der Waals surface area contributed by atoms with Gasteiger partial charge in [-0.25, -0.2) is 13.2 Å². The van der Waals surface area contributed by atoms with Gasteiger partial charge in [0.05, 0.1) is 16.1 Å². The Morgan fingerprint density at radius 3 is 2.60 bits per heavy atom. The number of β-amino-alcohol motifs (C(OH)–C–C–N with tert-alkyl or cyclic N) is 1. The molecule has 1 aliphatic rings. The summed E-state index contributed by atoms with van der Waals surface area (Å²) in [5, 5.41) is 18.9. The van der Waals surface area contributed by atoms with Crippen LogP contribution in [0.3, 0.4) is 0 Å². The largest absolute Gasteiger partial charge is 0.478 e. The van der Waals surface area contributed by atoms with Crippen molar-refractivity contribution in [3.8, 4) is 0 Å². The third-order valence-electron chi connectivity index (χ3n) is 3.38. The van der Waals surface area contributed by atoms with E-state index < -0.39 is 21.6 Å². The maximum absolute atomic E-state index is 12.3. The number of carbonyl (C=O) groups is 1. The van der Waals surface area contributed by atoms with Crippen LogP contribution >= 0.6 is 0 Å². The second-order valence-corrected chi connectivity index (χ2v) is 7.02. The molecule has 0 amide bonds. The number of benzene rings is 1. The highest BCUT2D eigenvalue weighted by atomic mass is 32.2. The van der Waals surface area contributed by atoms with Gasteiger partial charge in [0, 0.05) is 13.1 Å². The van der Waals surface area contributed by atoms with Crippen LogP contribution in [0.25, 0.3) is 0 Å². The number of aliphatic hydroxyl groups is 1. The van der Waals surface area contributed by atoms with Crippen molar-refractivity contribution in [2.24, 2.45) is 0 Å². The first-order chi connectivity index (χ1) is 9.28. The highest BCUT2D eigenvalue weighted by molar-refractivity contribution is 7.89. The molecule has 0 saturated carbocycles. The summed E-state index contributed by atoms with van der Waals surface area (Å²) in [6.45, 7) is 2.03. The maximum atomic E-state index is 12.3. The minimum atomic E-state index is -3.74. The zero-order valence-electron chi connectivity index (χ0n) is 11.1. The molecular weight excluding hydrogens is 282 g/mol. The van der Waals surface area contributed by atoms with Gasteiger partial charge in [-0.2, -0.15) is 4.31 Å². The molecule has 1 aliphatic heterocycles. The van der Waals surface area contributed by atoms with E-state index in [9.17, 15) is 18.3 Å². The topological polar surface area (TPSA) is 94.9 Å². The van der Waals surface area contributed by atoms with Crippen molar-refractivity contribution >= 4 is 16.0 Å². The normalized spacial score (nSPS) is 18.5. The van der Waals surface area contributed by atoms with E-state index in [-0.39, 0.29) is 23.5 Å². The van der Waals surface area contributed by atoms with E-state index in [4.69, 9.17) is 5.11 Å². The Kier molecular flexibility index (Phi) is 3.86. The Balaban J connectivity index is 2.21. The van der Waals surface area contributed by atoms with Crippen LogP contribution in [-0.4, -0.2) is 47.6 Å². The van der Waals surface area contributed by atoms with E-state index in [1.54, 1.807) is 0 Å². The van der Waals surface area contributed by atoms with E-state index >= 15 is 0 Å². The fourth-order valence-electron chi connectivity index (χ4n) is 2.34. The summed E-state index contributed by atoms with van der Waals surface area (Å²) in [7, 11) is -3.74. The molecule has 1 aromatic carbocycles. The van der Waals surface area contributed by atoms with Crippen LogP contribution in [0.1, 0.15) is 30.1 Å². The second-order valence-electron chi connectivity index (χ2n) is 5.08. The van der Waals surface area contributed by atoms with Gasteiger partial charge in [-0.3, -0.25) is 0 Å². The van der Waals surface area contributed by atoms with Crippen LogP contribution in [-0.2, 0) is 10.0 Å². The predicted molar refractivity (Wildman–Crippen MR) is 72.0 cm³/mol. The fraction of sp³-hybridized carbons (Fsp3) is 0.462. The molecule has 2 N–H and O–H groups in total. The van der Waals surface area contributed by atoms with Crippen molar-refractivity contribution in [2.45, 2.75) is 30.3 Å². The van der Waals surface area contributed by atoms with E-state index in [1.165, 1.54) is 22.5 Å². The van der Waals surface area contributed by atoms with Crippen LogP contribution in [0, 0.1) is 0 Å². The van der Waals surface area contributed by atoms with Crippen molar-refractivity contribution in [3.63, 3.8) is 0 Å². The minimum Gasteiger partial charge on any atom is -0.478 e. The summed E-state index contributed by atoms with van der Waals surface area (Å²) < 4.78 is 25.8. The van der Waals surface area contributed by atoms with Crippen molar-refractivity contribution < 1.29 is 23.4 Å². The Morgan fingerprint density at radius 1 is 1.40 bits per heavy atom. The summed E-state index contributed by atoms with van der Waals surface area (Å²) in [5.74, 6) is -1.17. The molecule has 1 heterocycles. The number of hydrogen-bond donors (Lipinski definition) is 2. The molecule has 7 heteroatoms. The molecule has 0 aliphatic carbocycles. The Labute approximate surface area is 117 Å². The number of nitrogens with zero attached hydrogens (tertiary/aromatic N) is 1. The average Bonchev–Trinajstić information content (AvgIpc) is 2.36. The molecule has 0 bridgehead atoms. The summed E-state index contributed by atoms with van der Waals surface area (Å²) >= 11 is 0. The first-order valence-corrected chi connectivity index (χ1v) is 7.78. The number of hydrogen-bond acceptors (Lipinski definition) is 4. The van der Waals surface area contributed by atoms with Crippen LogP contribution < -0.4 is 0 Å². The number of aromatic carboxylic acids is 1. The van der Waals surface area contributed by atoms with Gasteiger partial charge in [0.1, 0.15) is 0 Å². The maximum Gasteiger partial charge on any atom is 0.335 e. The molecule has 0 spiro atoms. The van der Waals surface area contributed by atoms with Gasteiger partial charge in [0.25, 0.3) is 0 Å². The van der Waals surface area contributed by atoms with Gasteiger partial charge in [0.15, 0.2) is 0 Å². The third kappa shape index (κ3) is 2.70. The zero-order chi connectivity index (χ0) is 15.0. The molecule has 20 heavy (non-hydrogen) atoms. The summed E-state index contributed by atoms with van der Waals surface area (Å²) in [4.78, 5) is 10.8. The summed E-state index contributed by atoms with van der Waals surface area (Å²) in [6, 6.07) is 5.23. The molecule has 0 atom stereocenters. The standard InChI is InChI=1S/C13H17NO5S/c1-2-6-13(17)8-14(9-13)20(18,19)11-5-3-4-10(7-11)12(15)16/h3-5,7,17H,2,6,8-9H2,1H3,(H,15,16). The van der Waals surface area contributed by atoms with Crippen LogP contribution in [0.4, 0.5) is 0 Å². The third-order valence-corrected chi connectivity index (χ3v) is 5.16. The fourth-order valence-corrected chi connectivity index (χ4v) is 3.99. The molecule has 1 saturated heterocycles. The first-order valence-electron chi connectivity index (χ1n) is 6.34. The van der Waals surface area contributed by atoms with Crippen LogP contribution in [0.2, 0.25) is 0 Å². The summed E-state index contributed by atoms with van der Waals surface area (Å²) in [6.07, 6.45) is 1.33. The van der Waals surface area contributed by atoms with Crippen molar-refractivity contribution in [3.05, 3.63) is 29.8 Å². The van der Waals surface area contributed by atoms with Gasteiger partial charge in [-0.1, -0.05) is 19.4 Å². The highest BCUT2D eigenvalue weighted by Gasteiger charge is 2.46. The Bertz CT molecular complexity index is 619. The van der Waals surface area contributed by atoms with Crippen molar-refractivity contribution in [1.29, 1.82) is 0 Å². The summed E-state index contributed by atoms with van der Waals surface area (Å²) in [5.41, 5.74) is -1.03. The molecule has 0 radical (unpaired) electrons. The van der Waals surface area contributed by atoms with Crippen LogP contribution in [0.15, 0.2) is 29.2 Å². The molecular formula is C13H17NO5S. The lowest BCUT2D eigenvalue weighted by Gasteiger charge is -2.45. The highest BCUT2D eigenvalue weighted by Crippen LogP contribution is 2.31. The van der Waals surface area contributed by atoms with E-state index in [0.29, 0.717) is 6.42 Å². The molecule has 2 rings (SSSR count). The zero-order valence-corrected chi connectivity index (χ0v) is 11.9. The lowest BCUT2D eigenvalue weighted by Crippen LogP contribution is -2.63. The van der Waals surface area contributed by atoms with Gasteiger partial charge in [-0.05, 0) is 24.6 Å². The molecule has 1 fully saturated rings. The molecule has 1 aromatic rings. The van der Waals surface area contributed by atoms with E-state index in [0.717, 1.165) is 12.5 Å². The smallest absolute Gasteiger partial charge is 0.335 e. The predicted octanol–water partition coefficient (Wildman–Crippen LogP) is 0.920. The lowest BCUT2D eigenvalue weighted by atomic mass is 9.92. The van der Waals surface area contributed by atoms with Crippen molar-refractivity contribution in [1.82, 2.24) is 4.31 Å². The Morgan fingerprint density at radius 2 is 2.05 bits per heavy atom. The molecule has 0 aromatic heterocycles. The number of carboxylic acid groups (broad SMARTS) is 1. The molecule has 6 nitrogen and oxygen atoms in total. The first kappa shape index (κ1) is 15.0. The monoisotopic (exact) mass is 299 g/mol. The lowest BCUT2D eigenvalue weighted by molar-refractivity contribution is -0.0653. The van der Waals surface area contributed by atoms with Gasteiger partial charge < -0.3 is 10.2 Å². The van der Waals surface area contributed by atoms with E-state index in [2.05, 4.69) is 0 Å². The Hall–Kier alpha value is -1.44. The van der Waals surface area contributed by atoms with E-state index in [1.807, 2.05) is 6.92 Å².